The number of rotatable bonds is 5. The summed E-state index contributed by atoms with van der Waals surface area (Å²) in [5.74, 6) is 0.0555. The SMILES string of the molecule is Cc1nn(C)c(NCC(C)(C)c2cccc(F)c2)c1[N+](=O)[O-]. The van der Waals surface area contributed by atoms with Crippen LogP contribution < -0.4 is 5.32 Å². The molecule has 0 saturated carbocycles. The van der Waals surface area contributed by atoms with E-state index in [0.717, 1.165) is 5.56 Å². The van der Waals surface area contributed by atoms with Crippen LogP contribution in [0.3, 0.4) is 0 Å². The second-order valence-electron chi connectivity index (χ2n) is 5.91. The average molecular weight is 306 g/mol. The van der Waals surface area contributed by atoms with Gasteiger partial charge in [0.05, 0.1) is 4.92 Å². The van der Waals surface area contributed by atoms with Crippen LogP contribution in [0.25, 0.3) is 0 Å². The molecule has 6 nitrogen and oxygen atoms in total. The van der Waals surface area contributed by atoms with E-state index in [9.17, 15) is 14.5 Å². The van der Waals surface area contributed by atoms with E-state index in [-0.39, 0.29) is 11.5 Å². The van der Waals surface area contributed by atoms with Gasteiger partial charge < -0.3 is 5.32 Å². The highest BCUT2D eigenvalue weighted by molar-refractivity contribution is 5.59. The Morgan fingerprint density at radius 2 is 2.14 bits per heavy atom. The maximum atomic E-state index is 13.4. The standard InChI is InChI=1S/C15H19FN4O2/c1-10-13(20(21)22)14(19(4)18-10)17-9-15(2,3)11-6-5-7-12(16)8-11/h5-8,17H,9H2,1-4H3. The summed E-state index contributed by atoms with van der Waals surface area (Å²) in [6.45, 7) is 5.91. The average Bonchev–Trinajstić information content (AvgIpc) is 2.71. The molecule has 0 amide bonds. The van der Waals surface area contributed by atoms with E-state index >= 15 is 0 Å². The van der Waals surface area contributed by atoms with E-state index in [0.29, 0.717) is 18.1 Å². The summed E-state index contributed by atoms with van der Waals surface area (Å²) in [6, 6.07) is 6.36. The highest BCUT2D eigenvalue weighted by atomic mass is 19.1. The number of halogens is 1. The number of nitro groups is 1. The van der Waals surface area contributed by atoms with Crippen LogP contribution in [0.15, 0.2) is 24.3 Å². The minimum atomic E-state index is -0.445. The van der Waals surface area contributed by atoms with Crippen molar-refractivity contribution in [3.63, 3.8) is 0 Å². The predicted octanol–water partition coefficient (Wildman–Crippen LogP) is 3.17. The molecule has 1 aromatic heterocycles. The quantitative estimate of drug-likeness (QED) is 0.680. The summed E-state index contributed by atoms with van der Waals surface area (Å²) in [4.78, 5) is 10.7. The highest BCUT2D eigenvalue weighted by Crippen LogP contribution is 2.30. The lowest BCUT2D eigenvalue weighted by Gasteiger charge is -2.26. The molecule has 0 unspecified atom stereocenters. The molecule has 1 heterocycles. The van der Waals surface area contributed by atoms with E-state index in [1.54, 1.807) is 20.0 Å². The Balaban J connectivity index is 2.24. The van der Waals surface area contributed by atoms with E-state index in [4.69, 9.17) is 0 Å². The fourth-order valence-corrected chi connectivity index (χ4v) is 2.38. The number of nitrogens with one attached hydrogen (secondary N) is 1. The molecule has 0 aliphatic carbocycles. The van der Waals surface area contributed by atoms with Crippen LogP contribution in [-0.4, -0.2) is 21.2 Å². The second kappa shape index (κ2) is 5.75. The lowest BCUT2D eigenvalue weighted by molar-refractivity contribution is -0.384. The number of anilines is 1. The molecule has 0 aliphatic rings. The Morgan fingerprint density at radius 3 is 2.73 bits per heavy atom. The lowest BCUT2D eigenvalue weighted by Crippen LogP contribution is -2.28. The summed E-state index contributed by atoms with van der Waals surface area (Å²) < 4.78 is 14.8. The van der Waals surface area contributed by atoms with Gasteiger partial charge in [0.15, 0.2) is 0 Å². The van der Waals surface area contributed by atoms with Crippen LogP contribution in [-0.2, 0) is 12.5 Å². The topological polar surface area (TPSA) is 73.0 Å². The van der Waals surface area contributed by atoms with Gasteiger partial charge in [-0.05, 0) is 24.6 Å². The maximum absolute atomic E-state index is 13.4. The van der Waals surface area contributed by atoms with Crippen LogP contribution in [0.1, 0.15) is 25.1 Å². The van der Waals surface area contributed by atoms with Gasteiger partial charge in [-0.2, -0.15) is 5.10 Å². The van der Waals surface area contributed by atoms with E-state index in [1.165, 1.54) is 16.8 Å². The molecule has 0 bridgehead atoms. The number of nitrogens with zero attached hydrogens (tertiary/aromatic N) is 3. The van der Waals surface area contributed by atoms with Gasteiger partial charge in [0.1, 0.15) is 11.5 Å². The number of hydrogen-bond acceptors (Lipinski definition) is 4. The number of hydrogen-bond donors (Lipinski definition) is 1. The van der Waals surface area contributed by atoms with Crippen LogP contribution >= 0.6 is 0 Å². The van der Waals surface area contributed by atoms with Crippen molar-refractivity contribution in [2.24, 2.45) is 7.05 Å². The van der Waals surface area contributed by atoms with Crippen LogP contribution in [0.2, 0.25) is 0 Å². The fourth-order valence-electron chi connectivity index (χ4n) is 2.38. The normalized spacial score (nSPS) is 11.5. The predicted molar refractivity (Wildman–Crippen MR) is 82.5 cm³/mol. The van der Waals surface area contributed by atoms with Crippen molar-refractivity contribution in [3.8, 4) is 0 Å². The first-order chi connectivity index (χ1) is 10.2. The minimum absolute atomic E-state index is 0.0301. The first kappa shape index (κ1) is 15.9. The highest BCUT2D eigenvalue weighted by Gasteiger charge is 2.27. The van der Waals surface area contributed by atoms with Crippen molar-refractivity contribution in [2.75, 3.05) is 11.9 Å². The van der Waals surface area contributed by atoms with Gasteiger partial charge in [0.25, 0.3) is 0 Å². The summed E-state index contributed by atoms with van der Waals surface area (Å²) >= 11 is 0. The molecular weight excluding hydrogens is 287 g/mol. The van der Waals surface area contributed by atoms with Crippen LogP contribution in [0.5, 0.6) is 0 Å². The monoisotopic (exact) mass is 306 g/mol. The number of benzene rings is 1. The van der Waals surface area contributed by atoms with Gasteiger partial charge in [-0.25, -0.2) is 9.07 Å². The van der Waals surface area contributed by atoms with Crippen molar-refractivity contribution in [1.29, 1.82) is 0 Å². The van der Waals surface area contributed by atoms with Gasteiger partial charge >= 0.3 is 5.69 Å². The molecule has 1 aromatic carbocycles. The van der Waals surface area contributed by atoms with Crippen molar-refractivity contribution in [1.82, 2.24) is 9.78 Å². The number of aromatic nitrogens is 2. The molecule has 0 spiro atoms. The maximum Gasteiger partial charge on any atom is 0.333 e. The first-order valence-corrected chi connectivity index (χ1v) is 6.90. The lowest BCUT2D eigenvalue weighted by atomic mass is 9.84. The summed E-state index contributed by atoms with van der Waals surface area (Å²) in [6.07, 6.45) is 0. The van der Waals surface area contributed by atoms with Crippen LogP contribution in [0.4, 0.5) is 15.9 Å². The van der Waals surface area contributed by atoms with Gasteiger partial charge in [0, 0.05) is 19.0 Å². The van der Waals surface area contributed by atoms with Gasteiger partial charge in [-0.1, -0.05) is 26.0 Å². The summed E-state index contributed by atoms with van der Waals surface area (Å²) in [5.41, 5.74) is 0.756. The smallest absolute Gasteiger partial charge is 0.333 e. The molecule has 7 heteroatoms. The Bertz CT molecular complexity index is 710. The molecule has 2 aromatic rings. The molecule has 118 valence electrons. The molecule has 0 saturated heterocycles. The fraction of sp³-hybridized carbons (Fsp3) is 0.400. The van der Waals surface area contributed by atoms with Crippen molar-refractivity contribution in [2.45, 2.75) is 26.2 Å². The summed E-state index contributed by atoms with van der Waals surface area (Å²) in [5, 5.41) is 18.3. The zero-order chi connectivity index (χ0) is 16.5. The third-order valence-corrected chi connectivity index (χ3v) is 3.68. The largest absolute Gasteiger partial charge is 0.364 e. The van der Waals surface area contributed by atoms with Crippen molar-refractivity contribution < 1.29 is 9.31 Å². The summed E-state index contributed by atoms with van der Waals surface area (Å²) in [7, 11) is 1.65. The number of aryl methyl sites for hydroxylation is 2. The van der Waals surface area contributed by atoms with Crippen molar-refractivity contribution in [3.05, 3.63) is 51.5 Å². The van der Waals surface area contributed by atoms with Crippen molar-refractivity contribution >= 4 is 11.5 Å². The third kappa shape index (κ3) is 3.08. The Hall–Kier alpha value is -2.44. The molecule has 2 rings (SSSR count). The Morgan fingerprint density at radius 1 is 1.45 bits per heavy atom. The van der Waals surface area contributed by atoms with E-state index in [1.807, 2.05) is 19.9 Å². The molecule has 0 aliphatic heterocycles. The molecular formula is C15H19FN4O2. The van der Waals surface area contributed by atoms with Gasteiger partial charge in [-0.3, -0.25) is 10.1 Å². The molecule has 0 fully saturated rings. The molecule has 0 atom stereocenters. The van der Waals surface area contributed by atoms with Crippen LogP contribution in [0, 0.1) is 22.9 Å². The molecule has 22 heavy (non-hydrogen) atoms. The second-order valence-corrected chi connectivity index (χ2v) is 5.91. The molecule has 1 N–H and O–H groups in total. The first-order valence-electron chi connectivity index (χ1n) is 6.90. The van der Waals surface area contributed by atoms with Gasteiger partial charge in [0.2, 0.25) is 5.82 Å². The zero-order valence-electron chi connectivity index (χ0n) is 13.1. The Labute approximate surface area is 128 Å². The van der Waals surface area contributed by atoms with E-state index in [2.05, 4.69) is 10.4 Å². The van der Waals surface area contributed by atoms with E-state index < -0.39 is 10.3 Å². The molecule has 0 radical (unpaired) electrons. The Kier molecular flexibility index (Phi) is 4.16. The third-order valence-electron chi connectivity index (χ3n) is 3.68. The minimum Gasteiger partial charge on any atom is -0.364 e. The van der Waals surface area contributed by atoms with Gasteiger partial charge in [-0.15, -0.1) is 0 Å². The zero-order valence-corrected chi connectivity index (χ0v) is 13.1.